The molecule has 0 fully saturated rings. The van der Waals surface area contributed by atoms with Gasteiger partial charge in [-0.15, -0.1) is 0 Å². The van der Waals surface area contributed by atoms with Gasteiger partial charge in [0, 0.05) is 11.8 Å². The van der Waals surface area contributed by atoms with Crippen molar-refractivity contribution < 1.29 is 9.47 Å². The van der Waals surface area contributed by atoms with E-state index >= 15 is 0 Å². The molecular formula is C12H10ClN3O2. The maximum Gasteiger partial charge on any atom is 0.227 e. The third kappa shape index (κ3) is 2.31. The normalized spacial score (nSPS) is 13.2. The monoisotopic (exact) mass is 263 g/mol. The van der Waals surface area contributed by atoms with Gasteiger partial charge in [0.15, 0.2) is 11.5 Å². The highest BCUT2D eigenvalue weighted by Gasteiger charge is 2.11. The zero-order valence-electron chi connectivity index (χ0n) is 9.39. The first-order valence-corrected chi connectivity index (χ1v) is 5.83. The molecule has 2 heterocycles. The minimum absolute atomic E-state index is 0.482. The van der Waals surface area contributed by atoms with E-state index in [2.05, 4.69) is 15.3 Å². The highest BCUT2D eigenvalue weighted by atomic mass is 35.5. The Morgan fingerprint density at radius 1 is 1.06 bits per heavy atom. The predicted octanol–water partition coefficient (Wildman–Crippen LogP) is 2.64. The Bertz CT molecular complexity index is 560. The van der Waals surface area contributed by atoms with E-state index in [-0.39, 0.29) is 0 Å². The smallest absolute Gasteiger partial charge is 0.227 e. The third-order valence-electron chi connectivity index (χ3n) is 2.42. The summed E-state index contributed by atoms with van der Waals surface area (Å²) in [6.45, 7) is 1.15. The fraction of sp³-hybridized carbons (Fsp3) is 0.167. The van der Waals surface area contributed by atoms with Crippen LogP contribution in [0.2, 0.25) is 5.02 Å². The molecular weight excluding hydrogens is 254 g/mol. The van der Waals surface area contributed by atoms with E-state index in [0.717, 1.165) is 17.2 Å². The number of benzene rings is 1. The minimum atomic E-state index is 0.482. The first kappa shape index (κ1) is 11.1. The molecule has 0 unspecified atom stereocenters. The van der Waals surface area contributed by atoms with E-state index in [1.807, 2.05) is 18.2 Å². The summed E-state index contributed by atoms with van der Waals surface area (Å²) in [7, 11) is 0. The number of anilines is 2. The lowest BCUT2D eigenvalue weighted by Gasteiger charge is -2.18. The molecule has 1 aromatic heterocycles. The Morgan fingerprint density at radius 2 is 1.78 bits per heavy atom. The molecule has 0 atom stereocenters. The molecule has 1 aromatic carbocycles. The van der Waals surface area contributed by atoms with Crippen molar-refractivity contribution in [3.8, 4) is 11.5 Å². The van der Waals surface area contributed by atoms with Gasteiger partial charge in [-0.1, -0.05) is 11.6 Å². The molecule has 92 valence electrons. The van der Waals surface area contributed by atoms with Crippen LogP contribution in [-0.4, -0.2) is 23.2 Å². The summed E-state index contributed by atoms with van der Waals surface area (Å²) in [5.41, 5.74) is 0.835. The van der Waals surface area contributed by atoms with Gasteiger partial charge in [0.25, 0.3) is 0 Å². The van der Waals surface area contributed by atoms with Crippen LogP contribution in [0.25, 0.3) is 0 Å². The lowest BCUT2D eigenvalue weighted by Crippen LogP contribution is -2.15. The van der Waals surface area contributed by atoms with Crippen LogP contribution in [0.1, 0.15) is 0 Å². The number of fused-ring (bicyclic) bond motifs is 1. The van der Waals surface area contributed by atoms with E-state index in [0.29, 0.717) is 24.2 Å². The Labute approximate surface area is 109 Å². The summed E-state index contributed by atoms with van der Waals surface area (Å²) in [5, 5.41) is 3.57. The molecule has 0 saturated heterocycles. The van der Waals surface area contributed by atoms with Crippen molar-refractivity contribution in [3.05, 3.63) is 35.6 Å². The number of nitrogens with one attached hydrogen (secondary N) is 1. The molecule has 18 heavy (non-hydrogen) atoms. The first-order chi connectivity index (χ1) is 8.81. The van der Waals surface area contributed by atoms with Gasteiger partial charge >= 0.3 is 0 Å². The molecule has 0 aliphatic carbocycles. The largest absolute Gasteiger partial charge is 0.486 e. The number of hydrogen-bond donors (Lipinski definition) is 1. The zero-order chi connectivity index (χ0) is 12.4. The molecule has 0 amide bonds. The standard InChI is InChI=1S/C12H10ClN3O2/c13-8-6-14-12(15-7-8)16-9-1-2-10-11(5-9)18-4-3-17-10/h1-2,5-7H,3-4H2,(H,14,15,16). The van der Waals surface area contributed by atoms with E-state index in [4.69, 9.17) is 21.1 Å². The van der Waals surface area contributed by atoms with Gasteiger partial charge in [-0.2, -0.15) is 0 Å². The summed E-state index contributed by atoms with van der Waals surface area (Å²) < 4.78 is 10.9. The van der Waals surface area contributed by atoms with Crippen LogP contribution >= 0.6 is 11.6 Å². The maximum atomic E-state index is 5.72. The molecule has 5 nitrogen and oxygen atoms in total. The minimum Gasteiger partial charge on any atom is -0.486 e. The van der Waals surface area contributed by atoms with E-state index in [1.165, 1.54) is 12.4 Å². The second-order valence-corrected chi connectivity index (χ2v) is 4.14. The lowest BCUT2D eigenvalue weighted by atomic mass is 10.2. The molecule has 0 radical (unpaired) electrons. The highest BCUT2D eigenvalue weighted by molar-refractivity contribution is 6.30. The Kier molecular flexibility index (Phi) is 2.90. The molecule has 0 bridgehead atoms. The Morgan fingerprint density at radius 3 is 2.56 bits per heavy atom. The third-order valence-corrected chi connectivity index (χ3v) is 2.61. The van der Waals surface area contributed by atoms with Crippen molar-refractivity contribution in [2.75, 3.05) is 18.5 Å². The summed E-state index contributed by atoms with van der Waals surface area (Å²) in [6, 6.07) is 5.59. The second kappa shape index (κ2) is 4.70. The van der Waals surface area contributed by atoms with Crippen molar-refractivity contribution in [1.29, 1.82) is 0 Å². The number of halogens is 1. The van der Waals surface area contributed by atoms with Crippen LogP contribution in [0.5, 0.6) is 11.5 Å². The second-order valence-electron chi connectivity index (χ2n) is 3.71. The first-order valence-electron chi connectivity index (χ1n) is 5.45. The van der Waals surface area contributed by atoms with Crippen LogP contribution in [0, 0.1) is 0 Å². The molecule has 6 heteroatoms. The maximum absolute atomic E-state index is 5.72. The molecule has 0 spiro atoms. The molecule has 0 saturated carbocycles. The molecule has 1 N–H and O–H groups in total. The van der Waals surface area contributed by atoms with Crippen molar-refractivity contribution in [2.45, 2.75) is 0 Å². The summed E-state index contributed by atoms with van der Waals surface area (Å²) in [4.78, 5) is 8.12. The van der Waals surface area contributed by atoms with Gasteiger partial charge in [-0.05, 0) is 12.1 Å². The summed E-state index contributed by atoms with van der Waals surface area (Å²) in [6.07, 6.45) is 3.07. The summed E-state index contributed by atoms with van der Waals surface area (Å²) >= 11 is 5.72. The number of nitrogens with zero attached hydrogens (tertiary/aromatic N) is 2. The zero-order valence-corrected chi connectivity index (χ0v) is 10.1. The Balaban J connectivity index is 1.82. The van der Waals surface area contributed by atoms with Crippen molar-refractivity contribution in [2.24, 2.45) is 0 Å². The number of hydrogen-bond acceptors (Lipinski definition) is 5. The average molecular weight is 264 g/mol. The van der Waals surface area contributed by atoms with E-state index < -0.39 is 0 Å². The van der Waals surface area contributed by atoms with Crippen molar-refractivity contribution in [1.82, 2.24) is 9.97 Å². The quantitative estimate of drug-likeness (QED) is 0.903. The van der Waals surface area contributed by atoms with Gasteiger partial charge in [0.2, 0.25) is 5.95 Å². The lowest BCUT2D eigenvalue weighted by molar-refractivity contribution is 0.171. The van der Waals surface area contributed by atoms with Gasteiger partial charge in [-0.25, -0.2) is 9.97 Å². The van der Waals surface area contributed by atoms with E-state index in [1.54, 1.807) is 0 Å². The van der Waals surface area contributed by atoms with Crippen molar-refractivity contribution in [3.63, 3.8) is 0 Å². The molecule has 1 aliphatic heterocycles. The fourth-order valence-corrected chi connectivity index (χ4v) is 1.72. The van der Waals surface area contributed by atoms with Crippen LogP contribution < -0.4 is 14.8 Å². The number of rotatable bonds is 2. The van der Waals surface area contributed by atoms with Gasteiger partial charge in [0.1, 0.15) is 13.2 Å². The SMILES string of the molecule is Clc1cnc(Nc2ccc3c(c2)OCCO3)nc1. The number of ether oxygens (including phenoxy) is 2. The molecule has 3 rings (SSSR count). The van der Waals surface area contributed by atoms with Crippen LogP contribution in [0.4, 0.5) is 11.6 Å². The summed E-state index contributed by atoms with van der Waals surface area (Å²) in [5.74, 6) is 1.96. The van der Waals surface area contributed by atoms with E-state index in [9.17, 15) is 0 Å². The predicted molar refractivity (Wildman–Crippen MR) is 67.8 cm³/mol. The fourth-order valence-electron chi connectivity index (χ4n) is 1.63. The average Bonchev–Trinajstić information content (AvgIpc) is 2.41. The van der Waals surface area contributed by atoms with Crippen molar-refractivity contribution >= 4 is 23.2 Å². The van der Waals surface area contributed by atoms with Gasteiger partial charge in [0.05, 0.1) is 17.4 Å². The van der Waals surface area contributed by atoms with Crippen LogP contribution in [0.3, 0.4) is 0 Å². The Hall–Kier alpha value is -2.01. The van der Waals surface area contributed by atoms with Crippen LogP contribution in [0.15, 0.2) is 30.6 Å². The van der Waals surface area contributed by atoms with Gasteiger partial charge < -0.3 is 14.8 Å². The van der Waals surface area contributed by atoms with Crippen LogP contribution in [-0.2, 0) is 0 Å². The topological polar surface area (TPSA) is 56.3 Å². The highest BCUT2D eigenvalue weighted by Crippen LogP contribution is 2.33. The van der Waals surface area contributed by atoms with Gasteiger partial charge in [-0.3, -0.25) is 0 Å². The molecule has 2 aromatic rings. The number of aromatic nitrogens is 2. The molecule has 1 aliphatic rings.